The van der Waals surface area contributed by atoms with Gasteiger partial charge < -0.3 is 5.32 Å². The monoisotopic (exact) mass is 520 g/mol. The summed E-state index contributed by atoms with van der Waals surface area (Å²) < 4.78 is 83.4. The fourth-order valence-electron chi connectivity index (χ4n) is 3.85. The van der Waals surface area contributed by atoms with E-state index in [0.717, 1.165) is 23.6 Å². The van der Waals surface area contributed by atoms with Crippen LogP contribution in [0.4, 0.5) is 37.7 Å². The van der Waals surface area contributed by atoms with Gasteiger partial charge in [0.15, 0.2) is 5.82 Å². The van der Waals surface area contributed by atoms with Gasteiger partial charge in [-0.2, -0.15) is 36.5 Å². The number of hydrazine groups is 1. The molecule has 0 saturated heterocycles. The van der Waals surface area contributed by atoms with Crippen LogP contribution in [-0.2, 0) is 11.0 Å². The summed E-state index contributed by atoms with van der Waals surface area (Å²) in [5, 5.41) is 10.4. The number of anilines is 2. The van der Waals surface area contributed by atoms with Crippen molar-refractivity contribution >= 4 is 28.2 Å². The minimum atomic E-state index is -4.98. The van der Waals surface area contributed by atoms with Gasteiger partial charge in [0.1, 0.15) is 11.3 Å². The number of amides is 1. The molecule has 0 bridgehead atoms. The van der Waals surface area contributed by atoms with E-state index in [2.05, 4.69) is 30.9 Å². The Balaban J connectivity index is 1.52. The molecule has 2 N–H and O–H groups in total. The topological polar surface area (TPSA) is 101 Å². The van der Waals surface area contributed by atoms with E-state index in [4.69, 9.17) is 0 Å². The smallest absolute Gasteiger partial charge is 0.321 e. The lowest BCUT2D eigenvalue weighted by molar-refractivity contribution is -0.137. The zero-order valence-electron chi connectivity index (χ0n) is 18.3. The third kappa shape index (κ3) is 4.55. The lowest BCUT2D eigenvalue weighted by atomic mass is 10.1. The number of hydrogen-bond donors (Lipinski definition) is 2. The molecule has 1 aromatic carbocycles. The van der Waals surface area contributed by atoms with Crippen LogP contribution in [0, 0.1) is 0 Å². The standard InChI is InChI=1S/C22H14F6N8O/c23-21(24,25)15-9-12(10-30-19(15)36-31-7-8-32-36)34-20(37)14-11-33-35(18(14)22(26,27)28)17-5-1-4-16-13(17)3-2-6-29-16/h1-10,33H,11H2,(H,34,37). The predicted octanol–water partition coefficient (Wildman–Crippen LogP) is 4.01. The Morgan fingerprint density at radius 1 is 0.946 bits per heavy atom. The van der Waals surface area contributed by atoms with Gasteiger partial charge in [-0.3, -0.25) is 14.8 Å². The number of aromatic nitrogens is 5. The number of rotatable bonds is 4. The highest BCUT2D eigenvalue weighted by atomic mass is 19.4. The molecule has 3 aromatic heterocycles. The van der Waals surface area contributed by atoms with Crippen LogP contribution in [0.3, 0.4) is 0 Å². The molecule has 0 spiro atoms. The van der Waals surface area contributed by atoms with Crippen molar-refractivity contribution in [2.45, 2.75) is 12.4 Å². The van der Waals surface area contributed by atoms with Gasteiger partial charge >= 0.3 is 12.4 Å². The van der Waals surface area contributed by atoms with Crippen LogP contribution in [0.15, 0.2) is 72.5 Å². The van der Waals surface area contributed by atoms with Crippen molar-refractivity contribution in [3.8, 4) is 5.82 Å². The zero-order valence-corrected chi connectivity index (χ0v) is 18.3. The molecular formula is C22H14F6N8O. The van der Waals surface area contributed by atoms with E-state index in [1.165, 1.54) is 18.3 Å². The maximum Gasteiger partial charge on any atom is 0.433 e. The first-order chi connectivity index (χ1) is 17.5. The first-order valence-corrected chi connectivity index (χ1v) is 10.5. The van der Waals surface area contributed by atoms with Gasteiger partial charge in [-0.25, -0.2) is 10.4 Å². The minimum absolute atomic E-state index is 0.0952. The van der Waals surface area contributed by atoms with Gasteiger partial charge in [0.2, 0.25) is 0 Å². The summed E-state index contributed by atoms with van der Waals surface area (Å²) in [6, 6.07) is 8.23. The van der Waals surface area contributed by atoms with Gasteiger partial charge in [-0.15, -0.1) is 4.80 Å². The van der Waals surface area contributed by atoms with Crippen LogP contribution in [0.5, 0.6) is 0 Å². The Labute approximate surface area is 203 Å². The second kappa shape index (κ2) is 8.85. The summed E-state index contributed by atoms with van der Waals surface area (Å²) in [5.41, 5.74) is -0.718. The molecule has 0 saturated carbocycles. The predicted molar refractivity (Wildman–Crippen MR) is 118 cm³/mol. The van der Waals surface area contributed by atoms with Crippen molar-refractivity contribution < 1.29 is 31.1 Å². The number of hydrogen-bond acceptors (Lipinski definition) is 7. The number of fused-ring (bicyclic) bond motifs is 1. The summed E-state index contributed by atoms with van der Waals surface area (Å²) in [5.74, 6) is -1.91. The highest BCUT2D eigenvalue weighted by Gasteiger charge is 2.46. The molecule has 5 rings (SSSR count). The fourth-order valence-corrected chi connectivity index (χ4v) is 3.85. The van der Waals surface area contributed by atoms with E-state index in [1.54, 1.807) is 18.2 Å². The van der Waals surface area contributed by atoms with Crippen molar-refractivity contribution in [2.24, 2.45) is 0 Å². The third-order valence-electron chi connectivity index (χ3n) is 5.37. The van der Waals surface area contributed by atoms with Gasteiger partial charge in [0, 0.05) is 18.1 Å². The Morgan fingerprint density at radius 2 is 1.70 bits per heavy atom. The fraction of sp³-hybridized carbons (Fsp3) is 0.136. The van der Waals surface area contributed by atoms with Gasteiger partial charge in [-0.1, -0.05) is 6.07 Å². The molecule has 0 aliphatic carbocycles. The van der Waals surface area contributed by atoms with Crippen molar-refractivity contribution in [2.75, 3.05) is 16.9 Å². The normalized spacial score (nSPS) is 14.5. The average molecular weight is 520 g/mol. The molecule has 1 aliphatic heterocycles. The summed E-state index contributed by atoms with van der Waals surface area (Å²) in [6.45, 7) is -0.536. The second-order valence-electron chi connectivity index (χ2n) is 7.71. The number of carbonyl (C=O) groups excluding carboxylic acids is 1. The lowest BCUT2D eigenvalue weighted by Gasteiger charge is -2.25. The number of nitrogens with zero attached hydrogens (tertiary/aromatic N) is 6. The molecule has 4 aromatic rings. The second-order valence-corrected chi connectivity index (χ2v) is 7.71. The molecule has 4 heterocycles. The van der Waals surface area contributed by atoms with Crippen LogP contribution in [0.25, 0.3) is 16.7 Å². The molecule has 190 valence electrons. The molecule has 0 radical (unpaired) electrons. The molecule has 0 atom stereocenters. The van der Waals surface area contributed by atoms with Gasteiger partial charge in [0.05, 0.1) is 41.1 Å². The van der Waals surface area contributed by atoms with Crippen molar-refractivity contribution in [1.82, 2.24) is 30.4 Å². The largest absolute Gasteiger partial charge is 0.433 e. The highest BCUT2D eigenvalue weighted by molar-refractivity contribution is 6.06. The van der Waals surface area contributed by atoms with E-state index in [9.17, 15) is 31.1 Å². The summed E-state index contributed by atoms with van der Waals surface area (Å²) in [4.78, 5) is 21.3. The maximum atomic E-state index is 14.2. The first-order valence-electron chi connectivity index (χ1n) is 10.5. The molecule has 0 fully saturated rings. The maximum absolute atomic E-state index is 14.2. The number of carbonyl (C=O) groups is 1. The molecular weight excluding hydrogens is 506 g/mol. The van der Waals surface area contributed by atoms with E-state index in [1.807, 2.05) is 0 Å². The number of alkyl halides is 6. The van der Waals surface area contributed by atoms with Crippen molar-refractivity contribution in [3.05, 3.63) is 78.0 Å². The minimum Gasteiger partial charge on any atom is -0.321 e. The van der Waals surface area contributed by atoms with Crippen LogP contribution >= 0.6 is 0 Å². The van der Waals surface area contributed by atoms with Crippen LogP contribution < -0.4 is 15.8 Å². The molecule has 1 amide bonds. The van der Waals surface area contributed by atoms with Crippen LogP contribution in [0.2, 0.25) is 0 Å². The molecule has 15 heteroatoms. The number of nitrogens with one attached hydrogen (secondary N) is 2. The summed E-state index contributed by atoms with van der Waals surface area (Å²) in [6.07, 6.45) is -5.25. The quantitative estimate of drug-likeness (QED) is 0.392. The van der Waals surface area contributed by atoms with Gasteiger partial charge in [-0.05, 0) is 30.3 Å². The average Bonchev–Trinajstić information content (AvgIpc) is 3.53. The number of benzene rings is 1. The van der Waals surface area contributed by atoms with E-state index >= 15 is 0 Å². The molecule has 0 unspecified atom stereocenters. The van der Waals surface area contributed by atoms with E-state index in [0.29, 0.717) is 21.8 Å². The Kier molecular flexibility index (Phi) is 5.78. The highest BCUT2D eigenvalue weighted by Crippen LogP contribution is 2.39. The summed E-state index contributed by atoms with van der Waals surface area (Å²) in [7, 11) is 0. The SMILES string of the molecule is O=C(Nc1cnc(-n2nccn2)c(C(F)(F)F)c1)C1=C(C(F)(F)F)N(c2cccc3ncccc23)NC1. The summed E-state index contributed by atoms with van der Waals surface area (Å²) >= 11 is 0. The van der Waals surface area contributed by atoms with Crippen LogP contribution in [0.1, 0.15) is 5.56 Å². The zero-order chi connectivity index (χ0) is 26.4. The Morgan fingerprint density at radius 3 is 2.41 bits per heavy atom. The van der Waals surface area contributed by atoms with Crippen molar-refractivity contribution in [3.63, 3.8) is 0 Å². The molecule has 9 nitrogen and oxygen atoms in total. The lowest BCUT2D eigenvalue weighted by Crippen LogP contribution is -2.37. The number of allylic oxidation sites excluding steroid dienone is 1. The van der Waals surface area contributed by atoms with E-state index < -0.39 is 53.1 Å². The molecule has 37 heavy (non-hydrogen) atoms. The Hall–Kier alpha value is -4.53. The molecule has 1 aliphatic rings. The number of halogens is 6. The Bertz CT molecular complexity index is 1510. The van der Waals surface area contributed by atoms with Crippen LogP contribution in [-0.4, -0.2) is 43.6 Å². The van der Waals surface area contributed by atoms with Gasteiger partial charge in [0.25, 0.3) is 5.91 Å². The number of pyridine rings is 2. The van der Waals surface area contributed by atoms with E-state index in [-0.39, 0.29) is 5.69 Å². The first kappa shape index (κ1) is 24.2. The van der Waals surface area contributed by atoms with Crippen molar-refractivity contribution in [1.29, 1.82) is 0 Å². The third-order valence-corrected chi connectivity index (χ3v) is 5.37.